The number of fused-ring (bicyclic) bond motifs is 1. The molecule has 0 aliphatic carbocycles. The maximum Gasteiger partial charge on any atom is 0.201 e. The number of nitrogens with zero attached hydrogens (tertiary/aromatic N) is 1. The van der Waals surface area contributed by atoms with Gasteiger partial charge in [0, 0.05) is 0 Å². The number of Topliss-reactive ketones (excluding diaryl/α,β-unsaturated/α-hetero) is 1. The van der Waals surface area contributed by atoms with E-state index in [1.165, 1.54) is 23.5 Å². The van der Waals surface area contributed by atoms with Crippen molar-refractivity contribution in [2.75, 3.05) is 5.33 Å². The van der Waals surface area contributed by atoms with Gasteiger partial charge in [-0.2, -0.15) is 0 Å². The van der Waals surface area contributed by atoms with Gasteiger partial charge in [0.1, 0.15) is 5.82 Å². The third kappa shape index (κ3) is 1.69. The van der Waals surface area contributed by atoms with Gasteiger partial charge < -0.3 is 0 Å². The molecule has 2 rings (SSSR count). The minimum absolute atomic E-state index is 0.0772. The number of carbonyl (C=O) groups excluding carboxylic acids is 1. The van der Waals surface area contributed by atoms with Crippen LogP contribution in [0.15, 0.2) is 18.2 Å². The van der Waals surface area contributed by atoms with Crippen LogP contribution in [-0.2, 0) is 0 Å². The van der Waals surface area contributed by atoms with Crippen LogP contribution >= 0.6 is 27.3 Å². The van der Waals surface area contributed by atoms with Crippen molar-refractivity contribution in [2.24, 2.45) is 0 Å². The third-order valence-electron chi connectivity index (χ3n) is 1.71. The largest absolute Gasteiger partial charge is 0.291 e. The van der Waals surface area contributed by atoms with Gasteiger partial charge in [-0.05, 0) is 18.2 Å². The molecule has 14 heavy (non-hydrogen) atoms. The fourth-order valence-electron chi connectivity index (χ4n) is 1.07. The first-order chi connectivity index (χ1) is 6.70. The molecule has 0 atom stereocenters. The highest BCUT2D eigenvalue weighted by atomic mass is 79.9. The van der Waals surface area contributed by atoms with Gasteiger partial charge in [-0.3, -0.25) is 4.79 Å². The van der Waals surface area contributed by atoms with Crippen LogP contribution in [0.25, 0.3) is 10.2 Å². The van der Waals surface area contributed by atoms with Gasteiger partial charge in [0.25, 0.3) is 0 Å². The van der Waals surface area contributed by atoms with Crippen LogP contribution in [-0.4, -0.2) is 16.1 Å². The molecule has 1 aromatic carbocycles. The Bertz CT molecular complexity index is 497. The summed E-state index contributed by atoms with van der Waals surface area (Å²) in [5, 5.41) is 0.664. The quantitative estimate of drug-likeness (QED) is 0.622. The van der Waals surface area contributed by atoms with Gasteiger partial charge in [0.15, 0.2) is 5.01 Å². The molecule has 72 valence electrons. The predicted molar refractivity (Wildman–Crippen MR) is 57.7 cm³/mol. The molecular formula is C9H5BrFNOS. The zero-order chi connectivity index (χ0) is 10.1. The topological polar surface area (TPSA) is 30.0 Å². The Kier molecular flexibility index (Phi) is 2.60. The van der Waals surface area contributed by atoms with E-state index in [9.17, 15) is 9.18 Å². The molecule has 0 saturated carbocycles. The van der Waals surface area contributed by atoms with Crippen molar-refractivity contribution in [3.63, 3.8) is 0 Å². The lowest BCUT2D eigenvalue weighted by Gasteiger charge is -1.85. The first kappa shape index (κ1) is 9.73. The van der Waals surface area contributed by atoms with E-state index >= 15 is 0 Å². The Balaban J connectivity index is 2.56. The van der Waals surface area contributed by atoms with Crippen molar-refractivity contribution >= 4 is 43.3 Å². The van der Waals surface area contributed by atoms with Gasteiger partial charge >= 0.3 is 0 Å². The highest BCUT2D eigenvalue weighted by Gasteiger charge is 2.10. The molecule has 0 aliphatic rings. The number of benzene rings is 1. The van der Waals surface area contributed by atoms with E-state index in [0.717, 1.165) is 0 Å². The molecule has 5 heteroatoms. The molecule has 0 amide bonds. The molecule has 0 bridgehead atoms. The van der Waals surface area contributed by atoms with Crippen LogP contribution < -0.4 is 0 Å². The van der Waals surface area contributed by atoms with Gasteiger partial charge in [0.05, 0.1) is 15.5 Å². The van der Waals surface area contributed by atoms with Crippen molar-refractivity contribution in [3.05, 3.63) is 29.0 Å². The van der Waals surface area contributed by atoms with Gasteiger partial charge in [-0.25, -0.2) is 9.37 Å². The fourth-order valence-corrected chi connectivity index (χ4v) is 2.45. The number of halogens is 2. The number of ketones is 1. The lowest BCUT2D eigenvalue weighted by atomic mass is 10.3. The maximum absolute atomic E-state index is 12.8. The Morgan fingerprint density at radius 1 is 1.57 bits per heavy atom. The molecule has 0 radical (unpaired) electrons. The Morgan fingerprint density at radius 2 is 2.36 bits per heavy atom. The average Bonchev–Trinajstić information content (AvgIpc) is 2.59. The number of alkyl halides is 1. The standard InChI is InChI=1S/C9H5BrFNOS/c10-4-7(13)9-12-6-2-1-5(11)3-8(6)14-9/h1-3H,4H2. The van der Waals surface area contributed by atoms with Crippen LogP contribution in [0.1, 0.15) is 9.80 Å². The summed E-state index contributed by atoms with van der Waals surface area (Å²) in [6.07, 6.45) is 0. The Morgan fingerprint density at radius 3 is 3.07 bits per heavy atom. The number of hydrogen-bond acceptors (Lipinski definition) is 3. The molecule has 0 aliphatic heterocycles. The molecule has 1 heterocycles. The molecule has 0 saturated heterocycles. The van der Waals surface area contributed by atoms with Crippen LogP contribution in [0.5, 0.6) is 0 Å². The van der Waals surface area contributed by atoms with Crippen molar-refractivity contribution < 1.29 is 9.18 Å². The number of rotatable bonds is 2. The first-order valence-electron chi connectivity index (χ1n) is 3.86. The first-order valence-corrected chi connectivity index (χ1v) is 5.80. The van der Waals surface area contributed by atoms with Crippen molar-refractivity contribution in [3.8, 4) is 0 Å². The smallest absolute Gasteiger partial charge is 0.201 e. The van der Waals surface area contributed by atoms with Gasteiger partial charge in [-0.15, -0.1) is 11.3 Å². The summed E-state index contributed by atoms with van der Waals surface area (Å²) in [5.74, 6) is -0.384. The second-order valence-corrected chi connectivity index (χ2v) is 4.28. The number of hydrogen-bond donors (Lipinski definition) is 0. The summed E-state index contributed by atoms with van der Waals surface area (Å²) in [6, 6.07) is 4.30. The van der Waals surface area contributed by atoms with Crippen LogP contribution in [0.3, 0.4) is 0 Å². The van der Waals surface area contributed by atoms with Gasteiger partial charge in [0.2, 0.25) is 5.78 Å². The lowest BCUT2D eigenvalue weighted by molar-refractivity contribution is 0.102. The third-order valence-corrected chi connectivity index (χ3v) is 3.28. The van der Waals surface area contributed by atoms with E-state index in [2.05, 4.69) is 20.9 Å². The second-order valence-electron chi connectivity index (χ2n) is 2.69. The summed E-state index contributed by atoms with van der Waals surface area (Å²) >= 11 is 4.28. The summed E-state index contributed by atoms with van der Waals surface area (Å²) < 4.78 is 13.5. The van der Waals surface area contributed by atoms with E-state index in [1.807, 2.05) is 0 Å². The summed E-state index contributed by atoms with van der Waals surface area (Å²) in [4.78, 5) is 15.4. The lowest BCUT2D eigenvalue weighted by Crippen LogP contribution is -1.97. The Labute approximate surface area is 91.9 Å². The highest BCUT2D eigenvalue weighted by molar-refractivity contribution is 9.09. The summed E-state index contributed by atoms with van der Waals surface area (Å²) in [6.45, 7) is 0. The zero-order valence-corrected chi connectivity index (χ0v) is 9.36. The van der Waals surface area contributed by atoms with Crippen LogP contribution in [0.4, 0.5) is 4.39 Å². The SMILES string of the molecule is O=C(CBr)c1nc2ccc(F)cc2s1. The van der Waals surface area contributed by atoms with E-state index in [4.69, 9.17) is 0 Å². The van der Waals surface area contributed by atoms with E-state index in [0.29, 0.717) is 15.2 Å². The molecule has 0 unspecified atom stereocenters. The molecule has 1 aromatic heterocycles. The van der Waals surface area contributed by atoms with E-state index in [-0.39, 0.29) is 16.9 Å². The molecule has 0 spiro atoms. The molecule has 2 aromatic rings. The monoisotopic (exact) mass is 273 g/mol. The Hall–Kier alpha value is -0.810. The van der Waals surface area contributed by atoms with Crippen molar-refractivity contribution in [1.82, 2.24) is 4.98 Å². The normalized spacial score (nSPS) is 10.7. The van der Waals surface area contributed by atoms with E-state index < -0.39 is 0 Å². The van der Waals surface area contributed by atoms with Crippen LogP contribution in [0, 0.1) is 5.82 Å². The predicted octanol–water partition coefficient (Wildman–Crippen LogP) is 3.01. The number of carbonyl (C=O) groups is 1. The molecule has 0 fully saturated rings. The fraction of sp³-hybridized carbons (Fsp3) is 0.111. The maximum atomic E-state index is 12.8. The second kappa shape index (κ2) is 3.74. The van der Waals surface area contributed by atoms with Crippen LogP contribution in [0.2, 0.25) is 0 Å². The zero-order valence-electron chi connectivity index (χ0n) is 6.96. The highest BCUT2D eigenvalue weighted by Crippen LogP contribution is 2.23. The van der Waals surface area contributed by atoms with Gasteiger partial charge in [-0.1, -0.05) is 15.9 Å². The minimum atomic E-state index is -0.306. The molecule has 0 N–H and O–H groups in total. The number of aromatic nitrogens is 1. The number of thiazole rings is 1. The van der Waals surface area contributed by atoms with Crippen molar-refractivity contribution in [1.29, 1.82) is 0 Å². The summed E-state index contributed by atoms with van der Waals surface area (Å²) in [7, 11) is 0. The van der Waals surface area contributed by atoms with Crippen molar-refractivity contribution in [2.45, 2.75) is 0 Å². The van der Waals surface area contributed by atoms with E-state index in [1.54, 1.807) is 6.07 Å². The minimum Gasteiger partial charge on any atom is -0.291 e. The molecular weight excluding hydrogens is 269 g/mol. The average molecular weight is 274 g/mol. The molecule has 2 nitrogen and oxygen atoms in total. The summed E-state index contributed by atoms with van der Waals surface area (Å²) in [5.41, 5.74) is 0.667.